The van der Waals surface area contributed by atoms with Gasteiger partial charge in [-0.05, 0) is 30.7 Å². The molecule has 0 unspecified atom stereocenters. The van der Waals surface area contributed by atoms with Crippen molar-refractivity contribution in [3.63, 3.8) is 0 Å². The Morgan fingerprint density at radius 3 is 2.57 bits per heavy atom. The van der Waals surface area contributed by atoms with Gasteiger partial charge in [0.2, 0.25) is 5.95 Å². The Kier molecular flexibility index (Phi) is 3.95. The van der Waals surface area contributed by atoms with E-state index in [2.05, 4.69) is 20.2 Å². The first-order valence-corrected chi connectivity index (χ1v) is 8.19. The van der Waals surface area contributed by atoms with Gasteiger partial charge in [-0.25, -0.2) is 9.36 Å². The van der Waals surface area contributed by atoms with Gasteiger partial charge in [0.05, 0.1) is 29.4 Å². The Bertz CT molecular complexity index is 1180. The predicted molar refractivity (Wildman–Crippen MR) is 96.6 cm³/mol. The van der Waals surface area contributed by atoms with E-state index in [1.807, 2.05) is 13.0 Å². The van der Waals surface area contributed by atoms with Crippen LogP contribution in [0.15, 0.2) is 36.7 Å². The van der Waals surface area contributed by atoms with Crippen molar-refractivity contribution in [2.75, 3.05) is 11.5 Å². The van der Waals surface area contributed by atoms with Crippen LogP contribution in [-0.4, -0.2) is 29.5 Å². The monoisotopic (exact) mass is 388 g/mol. The van der Waals surface area contributed by atoms with Crippen LogP contribution in [0.5, 0.6) is 0 Å². The van der Waals surface area contributed by atoms with E-state index in [4.69, 9.17) is 11.5 Å². The molecule has 4 N–H and O–H groups in total. The highest BCUT2D eigenvalue weighted by Crippen LogP contribution is 2.34. The van der Waals surface area contributed by atoms with Gasteiger partial charge in [-0.3, -0.25) is 0 Å². The summed E-state index contributed by atoms with van der Waals surface area (Å²) in [4.78, 5) is 8.40. The van der Waals surface area contributed by atoms with E-state index in [9.17, 15) is 13.2 Å². The lowest BCUT2D eigenvalue weighted by molar-refractivity contribution is -0.136. The topological polar surface area (TPSA) is 113 Å². The fourth-order valence-corrected chi connectivity index (χ4v) is 2.90. The minimum Gasteiger partial charge on any atom is -0.398 e. The second kappa shape index (κ2) is 6.22. The number of alkyl halides is 3. The zero-order valence-electron chi connectivity index (χ0n) is 14.6. The van der Waals surface area contributed by atoms with Crippen molar-refractivity contribution in [1.82, 2.24) is 29.5 Å². The van der Waals surface area contributed by atoms with Gasteiger partial charge in [0.1, 0.15) is 0 Å². The molecule has 4 rings (SSSR count). The third-order valence-corrected chi connectivity index (χ3v) is 4.19. The largest absolute Gasteiger partial charge is 0.418 e. The molecule has 3 heterocycles. The molecule has 11 heteroatoms. The number of hydrogen-bond acceptors (Lipinski definition) is 6. The molecular weight excluding hydrogens is 373 g/mol. The molecule has 0 radical (unpaired) electrons. The maximum Gasteiger partial charge on any atom is 0.418 e. The molecule has 28 heavy (non-hydrogen) atoms. The molecule has 0 saturated carbocycles. The van der Waals surface area contributed by atoms with Crippen LogP contribution in [0, 0.1) is 6.92 Å². The summed E-state index contributed by atoms with van der Waals surface area (Å²) in [6.07, 6.45) is -1.28. The predicted octanol–water partition coefficient (Wildman–Crippen LogP) is 2.55. The SMILES string of the molecule is Cc1ccn(-c2nc(N)nc3c2cnn3Cc2ccc(N)c(C(F)(F)F)c2)n1. The van der Waals surface area contributed by atoms with Crippen molar-refractivity contribution < 1.29 is 13.2 Å². The molecule has 0 aliphatic carbocycles. The van der Waals surface area contributed by atoms with Crippen LogP contribution in [0.1, 0.15) is 16.8 Å². The van der Waals surface area contributed by atoms with Crippen LogP contribution in [0.3, 0.4) is 0 Å². The van der Waals surface area contributed by atoms with Gasteiger partial charge in [0, 0.05) is 11.9 Å². The molecule has 0 spiro atoms. The lowest BCUT2D eigenvalue weighted by atomic mass is 10.1. The number of nitrogens with zero attached hydrogens (tertiary/aromatic N) is 6. The minimum absolute atomic E-state index is 0.00527. The van der Waals surface area contributed by atoms with Gasteiger partial charge < -0.3 is 11.5 Å². The third kappa shape index (κ3) is 3.10. The van der Waals surface area contributed by atoms with Gasteiger partial charge in [-0.15, -0.1) is 0 Å². The van der Waals surface area contributed by atoms with Crippen molar-refractivity contribution >= 4 is 22.7 Å². The summed E-state index contributed by atoms with van der Waals surface area (Å²) in [5.74, 6) is 0.445. The third-order valence-electron chi connectivity index (χ3n) is 4.19. The molecule has 0 amide bonds. The Hall–Kier alpha value is -3.63. The molecular formula is C17H15F3N8. The number of nitrogens with two attached hydrogens (primary N) is 2. The first-order chi connectivity index (χ1) is 13.2. The highest BCUT2D eigenvalue weighted by Gasteiger charge is 2.33. The number of fused-ring (bicyclic) bond motifs is 1. The number of rotatable bonds is 3. The number of aromatic nitrogens is 6. The van der Waals surface area contributed by atoms with Gasteiger partial charge in [-0.1, -0.05) is 6.07 Å². The number of halogens is 3. The number of anilines is 2. The van der Waals surface area contributed by atoms with E-state index in [0.29, 0.717) is 22.4 Å². The smallest absolute Gasteiger partial charge is 0.398 e. The van der Waals surface area contributed by atoms with Gasteiger partial charge in [0.15, 0.2) is 11.5 Å². The molecule has 1 aromatic carbocycles. The molecule has 0 aliphatic heterocycles. The fourth-order valence-electron chi connectivity index (χ4n) is 2.90. The van der Waals surface area contributed by atoms with Gasteiger partial charge >= 0.3 is 6.18 Å². The average molecular weight is 388 g/mol. The van der Waals surface area contributed by atoms with E-state index in [1.165, 1.54) is 23.0 Å². The Morgan fingerprint density at radius 2 is 1.89 bits per heavy atom. The normalized spacial score (nSPS) is 12.0. The van der Waals surface area contributed by atoms with Gasteiger partial charge in [-0.2, -0.15) is 33.3 Å². The number of aryl methyl sites for hydroxylation is 1. The van der Waals surface area contributed by atoms with Crippen LogP contribution in [0.25, 0.3) is 16.9 Å². The summed E-state index contributed by atoms with van der Waals surface area (Å²) in [5, 5.41) is 9.13. The van der Waals surface area contributed by atoms with E-state index >= 15 is 0 Å². The summed E-state index contributed by atoms with van der Waals surface area (Å²) < 4.78 is 42.3. The van der Waals surface area contributed by atoms with Crippen molar-refractivity contribution in [3.8, 4) is 5.82 Å². The summed E-state index contributed by atoms with van der Waals surface area (Å²) in [6.45, 7) is 1.89. The Labute approximate surface area is 156 Å². The van der Waals surface area contributed by atoms with Crippen molar-refractivity contribution in [2.24, 2.45) is 0 Å². The highest BCUT2D eigenvalue weighted by molar-refractivity contribution is 5.83. The van der Waals surface area contributed by atoms with Crippen molar-refractivity contribution in [3.05, 3.63) is 53.5 Å². The summed E-state index contributed by atoms with van der Waals surface area (Å²) in [6, 6.07) is 5.55. The van der Waals surface area contributed by atoms with Crippen LogP contribution in [-0.2, 0) is 12.7 Å². The van der Waals surface area contributed by atoms with E-state index < -0.39 is 11.7 Å². The molecule has 3 aromatic heterocycles. The quantitative estimate of drug-likeness (QED) is 0.522. The second-order valence-electron chi connectivity index (χ2n) is 6.27. The fraction of sp³-hybridized carbons (Fsp3) is 0.176. The molecule has 0 atom stereocenters. The molecule has 0 saturated heterocycles. The molecule has 4 aromatic rings. The summed E-state index contributed by atoms with van der Waals surface area (Å²) in [5.41, 5.74) is 11.6. The standard InChI is InChI=1S/C17H15F3N8/c1-9-4-5-27(26-9)14-11-7-23-28(15(11)25-16(22)24-14)8-10-2-3-13(21)12(6-10)17(18,19)20/h2-7H,8,21H2,1H3,(H2,22,24,25). The lowest BCUT2D eigenvalue weighted by Gasteiger charge is -2.12. The van der Waals surface area contributed by atoms with Crippen molar-refractivity contribution in [2.45, 2.75) is 19.6 Å². The molecule has 0 fully saturated rings. The molecule has 8 nitrogen and oxygen atoms in total. The van der Waals surface area contributed by atoms with E-state index in [0.717, 1.165) is 11.8 Å². The van der Waals surface area contributed by atoms with Crippen LogP contribution in [0.4, 0.5) is 24.8 Å². The maximum absolute atomic E-state index is 13.1. The number of benzene rings is 1. The zero-order valence-corrected chi connectivity index (χ0v) is 14.6. The van der Waals surface area contributed by atoms with Crippen LogP contribution >= 0.6 is 0 Å². The van der Waals surface area contributed by atoms with Crippen LogP contribution < -0.4 is 11.5 Å². The zero-order chi connectivity index (χ0) is 20.1. The molecule has 0 bridgehead atoms. The first-order valence-electron chi connectivity index (χ1n) is 8.19. The summed E-state index contributed by atoms with van der Waals surface area (Å²) in [7, 11) is 0. The average Bonchev–Trinajstić information content (AvgIpc) is 3.22. The number of hydrogen-bond donors (Lipinski definition) is 2. The minimum atomic E-state index is -4.54. The molecule has 144 valence electrons. The highest BCUT2D eigenvalue weighted by atomic mass is 19.4. The summed E-state index contributed by atoms with van der Waals surface area (Å²) >= 11 is 0. The lowest BCUT2D eigenvalue weighted by Crippen LogP contribution is -2.11. The van der Waals surface area contributed by atoms with Crippen LogP contribution in [0.2, 0.25) is 0 Å². The Morgan fingerprint density at radius 1 is 1.11 bits per heavy atom. The molecule has 0 aliphatic rings. The first kappa shape index (κ1) is 17.8. The maximum atomic E-state index is 13.1. The second-order valence-corrected chi connectivity index (χ2v) is 6.27. The van der Waals surface area contributed by atoms with E-state index in [-0.39, 0.29) is 18.2 Å². The number of nitrogen functional groups attached to an aromatic ring is 2. The van der Waals surface area contributed by atoms with Gasteiger partial charge in [0.25, 0.3) is 0 Å². The van der Waals surface area contributed by atoms with Crippen molar-refractivity contribution in [1.29, 1.82) is 0 Å². The Balaban J connectivity index is 1.78. The van der Waals surface area contributed by atoms with E-state index in [1.54, 1.807) is 10.9 Å².